The van der Waals surface area contributed by atoms with Gasteiger partial charge in [-0.3, -0.25) is 0 Å². The maximum absolute atomic E-state index is 9.85. The van der Waals surface area contributed by atoms with Gasteiger partial charge >= 0.3 is 0 Å². The SMILES string of the molecule is ON=C1c2cc3[nH]c4ccccc4c3cc2-c2cc3c(cc21)[nH]c1ccccc13. The summed E-state index contributed by atoms with van der Waals surface area (Å²) in [5.41, 5.74) is 9.08. The van der Waals surface area contributed by atoms with E-state index in [2.05, 4.69) is 75.8 Å². The Hall–Kier alpha value is -4.05. The number of hydrogen-bond acceptors (Lipinski definition) is 2. The second kappa shape index (κ2) is 5.06. The van der Waals surface area contributed by atoms with Crippen molar-refractivity contribution < 1.29 is 5.21 Å². The van der Waals surface area contributed by atoms with Crippen LogP contribution in [0, 0.1) is 0 Å². The minimum atomic E-state index is 0.621. The van der Waals surface area contributed by atoms with E-state index in [1.54, 1.807) is 0 Å². The summed E-state index contributed by atoms with van der Waals surface area (Å²) in [6.45, 7) is 0. The number of H-pyrrole nitrogens is 2. The average molecular weight is 373 g/mol. The molecule has 0 saturated heterocycles. The third kappa shape index (κ3) is 1.81. The summed E-state index contributed by atoms with van der Waals surface area (Å²) < 4.78 is 0. The number of benzene rings is 4. The molecule has 0 atom stereocenters. The molecule has 6 aromatic rings. The van der Waals surface area contributed by atoms with Gasteiger partial charge in [0.1, 0.15) is 5.71 Å². The first-order chi connectivity index (χ1) is 14.3. The van der Waals surface area contributed by atoms with Crippen LogP contribution in [-0.4, -0.2) is 20.9 Å². The van der Waals surface area contributed by atoms with E-state index in [0.717, 1.165) is 44.3 Å². The molecule has 0 spiro atoms. The molecule has 0 bridgehead atoms. The summed E-state index contributed by atoms with van der Waals surface area (Å²) in [4.78, 5) is 6.98. The van der Waals surface area contributed by atoms with Gasteiger partial charge in [-0.15, -0.1) is 0 Å². The van der Waals surface area contributed by atoms with Gasteiger partial charge in [0.05, 0.1) is 0 Å². The minimum absolute atomic E-state index is 0.621. The highest BCUT2D eigenvalue weighted by atomic mass is 16.4. The zero-order valence-electron chi connectivity index (χ0n) is 15.3. The van der Waals surface area contributed by atoms with Crippen molar-refractivity contribution in [2.75, 3.05) is 0 Å². The third-order valence-electron chi connectivity index (χ3n) is 6.19. The lowest BCUT2D eigenvalue weighted by atomic mass is 10.0. The molecule has 0 fully saturated rings. The Kier molecular flexibility index (Phi) is 2.60. The molecule has 0 amide bonds. The quantitative estimate of drug-likeness (QED) is 0.216. The standard InChI is InChI=1S/C25H15N3O/c29-28-25-19-11-23-17(13-5-1-3-7-21(13)26-23)9-15(19)16-10-18-14-6-2-4-8-22(14)27-24(18)12-20(16)25/h1-12,26-27,29H. The molecule has 0 radical (unpaired) electrons. The molecule has 3 N–H and O–H groups in total. The smallest absolute Gasteiger partial charge is 0.118 e. The van der Waals surface area contributed by atoms with Crippen LogP contribution in [0.2, 0.25) is 0 Å². The summed E-state index contributed by atoms with van der Waals surface area (Å²) in [6.07, 6.45) is 0. The summed E-state index contributed by atoms with van der Waals surface area (Å²) in [6, 6.07) is 25.3. The number of nitrogens with zero attached hydrogens (tertiary/aromatic N) is 1. The van der Waals surface area contributed by atoms with Crippen LogP contribution in [0.15, 0.2) is 78.0 Å². The van der Waals surface area contributed by atoms with E-state index in [1.165, 1.54) is 21.5 Å². The number of nitrogens with one attached hydrogen (secondary N) is 2. The Morgan fingerprint density at radius 3 is 1.48 bits per heavy atom. The molecule has 0 aliphatic heterocycles. The maximum Gasteiger partial charge on any atom is 0.118 e. The number of aromatic amines is 2. The van der Waals surface area contributed by atoms with Crippen LogP contribution in [0.25, 0.3) is 54.7 Å². The van der Waals surface area contributed by atoms with Crippen LogP contribution < -0.4 is 0 Å². The predicted octanol–water partition coefficient (Wildman–Crippen LogP) is 6.16. The average Bonchev–Trinajstić information content (AvgIpc) is 3.39. The number of hydrogen-bond donors (Lipinski definition) is 3. The normalized spacial score (nSPS) is 12.9. The number of oxime groups is 1. The third-order valence-corrected chi connectivity index (χ3v) is 6.19. The molecule has 136 valence electrons. The molecule has 4 nitrogen and oxygen atoms in total. The van der Waals surface area contributed by atoms with Crippen LogP contribution >= 0.6 is 0 Å². The first-order valence-corrected chi connectivity index (χ1v) is 9.64. The van der Waals surface area contributed by atoms with Crippen molar-refractivity contribution >= 4 is 49.3 Å². The van der Waals surface area contributed by atoms with Gasteiger partial charge in [-0.05, 0) is 47.5 Å². The molecule has 29 heavy (non-hydrogen) atoms. The van der Waals surface area contributed by atoms with Gasteiger partial charge in [0.2, 0.25) is 0 Å². The Bertz CT molecular complexity index is 1540. The first kappa shape index (κ1) is 14.9. The molecule has 1 aliphatic carbocycles. The van der Waals surface area contributed by atoms with Crippen LogP contribution in [0.5, 0.6) is 0 Å². The van der Waals surface area contributed by atoms with E-state index >= 15 is 0 Å². The fraction of sp³-hybridized carbons (Fsp3) is 0. The summed E-state index contributed by atoms with van der Waals surface area (Å²) >= 11 is 0. The Morgan fingerprint density at radius 2 is 1.00 bits per heavy atom. The van der Waals surface area contributed by atoms with E-state index in [0.29, 0.717) is 5.71 Å². The number of para-hydroxylation sites is 2. The zero-order chi connectivity index (χ0) is 19.1. The van der Waals surface area contributed by atoms with Crippen molar-refractivity contribution in [3.8, 4) is 11.1 Å². The molecule has 1 aliphatic rings. The molecule has 0 unspecified atom stereocenters. The van der Waals surface area contributed by atoms with Gasteiger partial charge in [0.15, 0.2) is 0 Å². The molecule has 2 aromatic heterocycles. The lowest BCUT2D eigenvalue weighted by Gasteiger charge is -2.02. The van der Waals surface area contributed by atoms with Crippen LogP contribution in [0.4, 0.5) is 0 Å². The Labute approximate surface area is 165 Å². The second-order valence-corrected chi connectivity index (χ2v) is 7.68. The van der Waals surface area contributed by atoms with Crippen molar-refractivity contribution in [2.24, 2.45) is 5.16 Å². The van der Waals surface area contributed by atoms with E-state index in [-0.39, 0.29) is 0 Å². The molecular weight excluding hydrogens is 358 g/mol. The summed E-state index contributed by atoms with van der Waals surface area (Å²) in [7, 11) is 0. The van der Waals surface area contributed by atoms with Crippen molar-refractivity contribution in [3.63, 3.8) is 0 Å². The lowest BCUT2D eigenvalue weighted by molar-refractivity contribution is 0.320. The zero-order valence-corrected chi connectivity index (χ0v) is 15.3. The van der Waals surface area contributed by atoms with Gasteiger partial charge in [0.25, 0.3) is 0 Å². The van der Waals surface area contributed by atoms with Gasteiger partial charge in [-0.25, -0.2) is 0 Å². The number of rotatable bonds is 0. The Morgan fingerprint density at radius 1 is 0.517 bits per heavy atom. The first-order valence-electron chi connectivity index (χ1n) is 9.64. The van der Waals surface area contributed by atoms with Crippen molar-refractivity contribution in [1.82, 2.24) is 9.97 Å². The highest BCUT2D eigenvalue weighted by Gasteiger charge is 2.28. The fourth-order valence-corrected chi connectivity index (χ4v) is 4.89. The molecule has 7 rings (SSSR count). The minimum Gasteiger partial charge on any atom is -0.410 e. The predicted molar refractivity (Wildman–Crippen MR) is 118 cm³/mol. The van der Waals surface area contributed by atoms with E-state index < -0.39 is 0 Å². The Balaban J connectivity index is 1.62. The van der Waals surface area contributed by atoms with Gasteiger partial charge in [-0.2, -0.15) is 0 Å². The summed E-state index contributed by atoms with van der Waals surface area (Å²) in [5.74, 6) is 0. The fourth-order valence-electron chi connectivity index (χ4n) is 4.89. The van der Waals surface area contributed by atoms with Crippen molar-refractivity contribution in [3.05, 3.63) is 83.9 Å². The summed E-state index contributed by atoms with van der Waals surface area (Å²) in [5, 5.41) is 18.3. The molecule has 0 saturated carbocycles. The highest BCUT2D eigenvalue weighted by molar-refractivity contribution is 6.28. The van der Waals surface area contributed by atoms with Gasteiger partial charge in [0, 0.05) is 54.7 Å². The molecular formula is C25H15N3O. The van der Waals surface area contributed by atoms with Gasteiger partial charge in [-0.1, -0.05) is 41.6 Å². The van der Waals surface area contributed by atoms with Crippen LogP contribution in [-0.2, 0) is 0 Å². The molecule has 2 heterocycles. The molecule has 4 heteroatoms. The van der Waals surface area contributed by atoms with E-state index in [9.17, 15) is 5.21 Å². The number of fused-ring (bicyclic) bond motifs is 9. The van der Waals surface area contributed by atoms with Crippen molar-refractivity contribution in [1.29, 1.82) is 0 Å². The highest BCUT2D eigenvalue weighted by Crippen LogP contribution is 2.43. The maximum atomic E-state index is 9.85. The van der Waals surface area contributed by atoms with Crippen LogP contribution in [0.3, 0.4) is 0 Å². The monoisotopic (exact) mass is 373 g/mol. The topological polar surface area (TPSA) is 64.2 Å². The van der Waals surface area contributed by atoms with Crippen molar-refractivity contribution in [2.45, 2.75) is 0 Å². The van der Waals surface area contributed by atoms with E-state index in [4.69, 9.17) is 0 Å². The molecule has 4 aromatic carbocycles. The van der Waals surface area contributed by atoms with Gasteiger partial charge < -0.3 is 15.2 Å². The second-order valence-electron chi connectivity index (χ2n) is 7.68. The number of aromatic nitrogens is 2. The van der Waals surface area contributed by atoms with E-state index in [1.807, 2.05) is 12.1 Å². The lowest BCUT2D eigenvalue weighted by Crippen LogP contribution is -1.97. The van der Waals surface area contributed by atoms with Crippen LogP contribution in [0.1, 0.15) is 11.1 Å². The largest absolute Gasteiger partial charge is 0.410 e.